The van der Waals surface area contributed by atoms with Crippen LogP contribution in [0.2, 0.25) is 0 Å². The van der Waals surface area contributed by atoms with E-state index in [1.807, 2.05) is 36.4 Å². The molecule has 1 unspecified atom stereocenters. The van der Waals surface area contributed by atoms with Gasteiger partial charge in [0.15, 0.2) is 0 Å². The maximum absolute atomic E-state index is 11.6. The molecule has 0 radical (unpaired) electrons. The molecule has 1 amide bonds. The van der Waals surface area contributed by atoms with Crippen molar-refractivity contribution in [3.8, 4) is 0 Å². The van der Waals surface area contributed by atoms with E-state index in [1.54, 1.807) is 0 Å². The molecule has 0 aromatic heterocycles. The molecule has 5 nitrogen and oxygen atoms in total. The molecule has 0 spiro atoms. The molecule has 1 aromatic rings. The van der Waals surface area contributed by atoms with Gasteiger partial charge in [-0.25, -0.2) is 0 Å². The van der Waals surface area contributed by atoms with Gasteiger partial charge in [0, 0.05) is 13.0 Å². The summed E-state index contributed by atoms with van der Waals surface area (Å²) in [5.41, 5.74) is 8.01. The highest BCUT2D eigenvalue weighted by atomic mass is 16.5. The Bertz CT molecular complexity index is 584. The topological polar surface area (TPSA) is 84.6 Å². The highest BCUT2D eigenvalue weighted by molar-refractivity contribution is 5.73. The standard InChI is InChI=1S/C20H30N2O3/c1-4-16(5-2)25-18-12-15(11-17(21)19(18)22-13(3)23)20(24)14-9-7-6-8-10-14/h6-10,12,16-20,24H,4-5,11,21H2,1-3H3,(H,22,23)/t17-,18+,19+,20?/m0/s1. The minimum Gasteiger partial charge on any atom is -0.384 e. The summed E-state index contributed by atoms with van der Waals surface area (Å²) < 4.78 is 6.21. The zero-order valence-electron chi connectivity index (χ0n) is 15.3. The third kappa shape index (κ3) is 5.14. The van der Waals surface area contributed by atoms with Gasteiger partial charge in [0.25, 0.3) is 0 Å². The first-order chi connectivity index (χ1) is 12.0. The number of nitrogens with two attached hydrogens (primary N) is 1. The molecular weight excluding hydrogens is 316 g/mol. The monoisotopic (exact) mass is 346 g/mol. The lowest BCUT2D eigenvalue weighted by Gasteiger charge is -2.38. The van der Waals surface area contributed by atoms with Gasteiger partial charge in [-0.15, -0.1) is 0 Å². The fourth-order valence-corrected chi connectivity index (χ4v) is 3.33. The molecule has 0 aliphatic heterocycles. The fourth-order valence-electron chi connectivity index (χ4n) is 3.33. The van der Waals surface area contributed by atoms with Gasteiger partial charge in [-0.2, -0.15) is 0 Å². The third-order valence-corrected chi connectivity index (χ3v) is 4.76. The van der Waals surface area contributed by atoms with Crippen molar-refractivity contribution in [2.24, 2.45) is 5.73 Å². The van der Waals surface area contributed by atoms with Crippen molar-refractivity contribution in [2.45, 2.75) is 70.4 Å². The van der Waals surface area contributed by atoms with Crippen LogP contribution in [0.4, 0.5) is 0 Å². The lowest BCUT2D eigenvalue weighted by molar-refractivity contribution is -0.121. The van der Waals surface area contributed by atoms with Gasteiger partial charge in [-0.3, -0.25) is 4.79 Å². The van der Waals surface area contributed by atoms with Crippen LogP contribution in [0.15, 0.2) is 42.0 Å². The minimum atomic E-state index is -0.710. The first-order valence-electron chi connectivity index (χ1n) is 9.07. The summed E-state index contributed by atoms with van der Waals surface area (Å²) in [4.78, 5) is 11.6. The Hall–Kier alpha value is -1.69. The molecule has 138 valence electrons. The van der Waals surface area contributed by atoms with E-state index in [0.717, 1.165) is 24.0 Å². The second-order valence-electron chi connectivity index (χ2n) is 6.69. The average molecular weight is 346 g/mol. The highest BCUT2D eigenvalue weighted by Crippen LogP contribution is 2.31. The molecule has 2 rings (SSSR count). The molecule has 25 heavy (non-hydrogen) atoms. The van der Waals surface area contributed by atoms with Gasteiger partial charge in [0.05, 0.1) is 18.2 Å². The van der Waals surface area contributed by atoms with E-state index in [2.05, 4.69) is 19.2 Å². The first kappa shape index (κ1) is 19.6. The van der Waals surface area contributed by atoms with E-state index in [-0.39, 0.29) is 30.2 Å². The molecule has 0 bridgehead atoms. The van der Waals surface area contributed by atoms with E-state index >= 15 is 0 Å². The molecule has 5 heteroatoms. The third-order valence-electron chi connectivity index (χ3n) is 4.76. The van der Waals surface area contributed by atoms with E-state index < -0.39 is 6.10 Å². The predicted molar refractivity (Wildman–Crippen MR) is 98.9 cm³/mol. The molecule has 0 fully saturated rings. The molecule has 0 saturated heterocycles. The lowest BCUT2D eigenvalue weighted by atomic mass is 9.84. The van der Waals surface area contributed by atoms with Crippen molar-refractivity contribution in [2.75, 3.05) is 0 Å². The van der Waals surface area contributed by atoms with Crippen molar-refractivity contribution >= 4 is 5.91 Å². The first-order valence-corrected chi connectivity index (χ1v) is 9.07. The van der Waals surface area contributed by atoms with Crippen molar-refractivity contribution in [3.05, 3.63) is 47.5 Å². The maximum Gasteiger partial charge on any atom is 0.217 e. The molecule has 0 saturated carbocycles. The Morgan fingerprint density at radius 1 is 1.32 bits per heavy atom. The van der Waals surface area contributed by atoms with E-state index in [4.69, 9.17) is 10.5 Å². The van der Waals surface area contributed by atoms with Gasteiger partial charge < -0.3 is 20.9 Å². The Balaban J connectivity index is 2.27. The number of aliphatic hydroxyl groups excluding tert-OH is 1. The lowest BCUT2D eigenvalue weighted by Crippen LogP contribution is -2.56. The Morgan fingerprint density at radius 3 is 2.52 bits per heavy atom. The van der Waals surface area contributed by atoms with Crippen LogP contribution in [-0.2, 0) is 9.53 Å². The van der Waals surface area contributed by atoms with Crippen LogP contribution in [0.3, 0.4) is 0 Å². The quantitative estimate of drug-likeness (QED) is 0.662. The normalized spacial score (nSPS) is 24.7. The second-order valence-corrected chi connectivity index (χ2v) is 6.69. The average Bonchev–Trinajstić information content (AvgIpc) is 2.61. The summed E-state index contributed by atoms with van der Waals surface area (Å²) in [5, 5.41) is 13.6. The van der Waals surface area contributed by atoms with E-state index in [0.29, 0.717) is 6.42 Å². The number of carbonyl (C=O) groups excluding carboxylic acids is 1. The van der Waals surface area contributed by atoms with Crippen LogP contribution >= 0.6 is 0 Å². The Morgan fingerprint density at radius 2 is 1.96 bits per heavy atom. The molecule has 1 aliphatic carbocycles. The van der Waals surface area contributed by atoms with Crippen LogP contribution < -0.4 is 11.1 Å². The number of ether oxygens (including phenoxy) is 1. The van der Waals surface area contributed by atoms with Crippen molar-refractivity contribution < 1.29 is 14.6 Å². The zero-order chi connectivity index (χ0) is 18.4. The summed E-state index contributed by atoms with van der Waals surface area (Å²) in [6, 6.07) is 8.93. The predicted octanol–water partition coefficient (Wildman–Crippen LogP) is 2.46. The number of hydrogen-bond donors (Lipinski definition) is 3. The number of nitrogens with one attached hydrogen (secondary N) is 1. The smallest absolute Gasteiger partial charge is 0.217 e. The molecule has 1 aliphatic rings. The largest absolute Gasteiger partial charge is 0.384 e. The van der Waals surface area contributed by atoms with Gasteiger partial charge in [-0.05, 0) is 30.4 Å². The van der Waals surface area contributed by atoms with Gasteiger partial charge >= 0.3 is 0 Å². The van der Waals surface area contributed by atoms with Crippen molar-refractivity contribution in [1.29, 1.82) is 0 Å². The van der Waals surface area contributed by atoms with Crippen LogP contribution in [-0.4, -0.2) is 35.3 Å². The molecule has 4 atom stereocenters. The molecule has 0 heterocycles. The van der Waals surface area contributed by atoms with Crippen molar-refractivity contribution in [3.63, 3.8) is 0 Å². The number of amides is 1. The number of rotatable bonds is 7. The van der Waals surface area contributed by atoms with Crippen LogP contribution in [0.1, 0.15) is 51.7 Å². The van der Waals surface area contributed by atoms with E-state index in [9.17, 15) is 9.90 Å². The molecule has 1 aromatic carbocycles. The summed E-state index contributed by atoms with van der Waals surface area (Å²) >= 11 is 0. The summed E-state index contributed by atoms with van der Waals surface area (Å²) in [5.74, 6) is -0.126. The summed E-state index contributed by atoms with van der Waals surface area (Å²) in [7, 11) is 0. The van der Waals surface area contributed by atoms with Gasteiger partial charge in [0.2, 0.25) is 5.91 Å². The van der Waals surface area contributed by atoms with Crippen molar-refractivity contribution in [1.82, 2.24) is 5.32 Å². The van der Waals surface area contributed by atoms with E-state index in [1.165, 1.54) is 6.92 Å². The van der Waals surface area contributed by atoms with Gasteiger partial charge in [-0.1, -0.05) is 50.3 Å². The SMILES string of the molecule is CCC(CC)O[C@@H]1C=C(C(O)c2ccccc2)C[C@H](N)[C@H]1NC(C)=O. The van der Waals surface area contributed by atoms with Crippen LogP contribution in [0, 0.1) is 0 Å². The molecule has 4 N–H and O–H groups in total. The summed E-state index contributed by atoms with van der Waals surface area (Å²) in [6.07, 6.45) is 3.28. The maximum atomic E-state index is 11.6. The molecular formula is C20H30N2O3. The zero-order valence-corrected chi connectivity index (χ0v) is 15.3. The number of benzene rings is 1. The minimum absolute atomic E-state index is 0.0953. The second kappa shape index (κ2) is 9.13. The number of hydrogen-bond acceptors (Lipinski definition) is 4. The van der Waals surface area contributed by atoms with Crippen LogP contribution in [0.25, 0.3) is 0 Å². The van der Waals surface area contributed by atoms with Crippen LogP contribution in [0.5, 0.6) is 0 Å². The Labute approximate surface area is 150 Å². The summed E-state index contributed by atoms with van der Waals surface area (Å²) in [6.45, 7) is 5.64. The van der Waals surface area contributed by atoms with Gasteiger partial charge in [0.1, 0.15) is 6.10 Å². The highest BCUT2D eigenvalue weighted by Gasteiger charge is 2.35. The fraction of sp³-hybridized carbons (Fsp3) is 0.550. The number of carbonyl (C=O) groups is 1. The Kier molecular flexibility index (Phi) is 7.17. The number of aliphatic hydroxyl groups is 1.